The lowest BCUT2D eigenvalue weighted by Crippen LogP contribution is -2.07. The van der Waals surface area contributed by atoms with Crippen LogP contribution >= 0.6 is 11.3 Å². The van der Waals surface area contributed by atoms with E-state index < -0.39 is 0 Å². The molecule has 0 saturated heterocycles. The Labute approximate surface area is 138 Å². The molecule has 0 aliphatic rings. The molecule has 23 heavy (non-hydrogen) atoms. The Bertz CT molecular complexity index is 852. The van der Waals surface area contributed by atoms with Crippen LogP contribution in [0.15, 0.2) is 53.6 Å². The minimum absolute atomic E-state index is 0.0932. The van der Waals surface area contributed by atoms with Crippen molar-refractivity contribution in [2.75, 3.05) is 10.7 Å². The fraction of sp³-hybridized carbons (Fsp3) is 0.118. The van der Waals surface area contributed by atoms with Crippen LogP contribution in [0.1, 0.15) is 19.4 Å². The van der Waals surface area contributed by atoms with E-state index in [0.29, 0.717) is 0 Å². The van der Waals surface area contributed by atoms with Gasteiger partial charge in [0.1, 0.15) is 0 Å². The highest BCUT2D eigenvalue weighted by molar-refractivity contribution is 7.22. The van der Waals surface area contributed by atoms with Gasteiger partial charge in [0.15, 0.2) is 0 Å². The Kier molecular flexibility index (Phi) is 4.34. The van der Waals surface area contributed by atoms with Gasteiger partial charge in [-0.05, 0) is 36.8 Å². The smallest absolute Gasteiger partial charge is 0.221 e. The zero-order valence-electron chi connectivity index (χ0n) is 12.8. The number of aromatic nitrogens is 1. The molecule has 0 aliphatic carbocycles. The highest BCUT2D eigenvalue weighted by Crippen LogP contribution is 2.25. The van der Waals surface area contributed by atoms with Gasteiger partial charge < -0.3 is 5.32 Å². The fourth-order valence-electron chi connectivity index (χ4n) is 2.14. The molecule has 6 heteroatoms. The number of thiazole rings is 1. The van der Waals surface area contributed by atoms with Gasteiger partial charge in [0.2, 0.25) is 11.0 Å². The molecule has 116 valence electrons. The molecule has 0 radical (unpaired) electrons. The maximum atomic E-state index is 11.1. The molecule has 0 fully saturated rings. The predicted molar refractivity (Wildman–Crippen MR) is 96.2 cm³/mol. The van der Waals surface area contributed by atoms with E-state index in [1.165, 1.54) is 6.92 Å². The molecule has 2 aromatic carbocycles. The maximum absolute atomic E-state index is 11.1. The van der Waals surface area contributed by atoms with Gasteiger partial charge in [-0.15, -0.1) is 0 Å². The summed E-state index contributed by atoms with van der Waals surface area (Å²) < 4.78 is 1.12. The van der Waals surface area contributed by atoms with E-state index in [1.807, 2.05) is 55.5 Å². The summed E-state index contributed by atoms with van der Waals surface area (Å²) in [5, 5.41) is 7.90. The number of benzene rings is 2. The monoisotopic (exact) mass is 324 g/mol. The number of carbonyl (C=O) groups excluding carboxylic acids is 1. The molecule has 0 atom stereocenters. The SMILES string of the molecule is CC(=O)Nc1cccc(C(C)=NNc2nc3ccccc3s2)c1. The first-order chi connectivity index (χ1) is 11.1. The first-order valence-electron chi connectivity index (χ1n) is 7.16. The van der Waals surface area contributed by atoms with Crippen molar-refractivity contribution < 1.29 is 4.79 Å². The molecule has 0 bridgehead atoms. The molecular formula is C17H16N4OS. The number of amides is 1. The summed E-state index contributed by atoms with van der Waals surface area (Å²) in [4.78, 5) is 15.6. The van der Waals surface area contributed by atoms with Crippen molar-refractivity contribution in [1.29, 1.82) is 0 Å². The Hall–Kier alpha value is -2.73. The topological polar surface area (TPSA) is 66.4 Å². The van der Waals surface area contributed by atoms with Gasteiger partial charge in [0, 0.05) is 12.6 Å². The molecule has 5 nitrogen and oxygen atoms in total. The Morgan fingerprint density at radius 2 is 1.96 bits per heavy atom. The lowest BCUT2D eigenvalue weighted by Gasteiger charge is -2.05. The largest absolute Gasteiger partial charge is 0.326 e. The number of fused-ring (bicyclic) bond motifs is 1. The molecule has 2 N–H and O–H groups in total. The molecule has 0 saturated carbocycles. The second kappa shape index (κ2) is 6.58. The van der Waals surface area contributed by atoms with E-state index in [1.54, 1.807) is 11.3 Å². The summed E-state index contributed by atoms with van der Waals surface area (Å²) in [6, 6.07) is 15.5. The zero-order chi connectivity index (χ0) is 16.2. The zero-order valence-corrected chi connectivity index (χ0v) is 13.6. The molecule has 1 aromatic heterocycles. The molecule has 1 heterocycles. The third-order valence-electron chi connectivity index (χ3n) is 3.21. The molecule has 0 unspecified atom stereocenters. The van der Waals surface area contributed by atoms with Gasteiger partial charge >= 0.3 is 0 Å². The van der Waals surface area contributed by atoms with Crippen LogP contribution in [-0.4, -0.2) is 16.6 Å². The summed E-state index contributed by atoms with van der Waals surface area (Å²) in [6.45, 7) is 3.40. The van der Waals surface area contributed by atoms with Crippen molar-refractivity contribution in [3.05, 3.63) is 54.1 Å². The first kappa shape index (κ1) is 15.2. The molecule has 1 amide bonds. The number of hydrogen-bond acceptors (Lipinski definition) is 5. The van der Waals surface area contributed by atoms with Gasteiger partial charge in [0.05, 0.1) is 15.9 Å². The third-order valence-corrected chi connectivity index (χ3v) is 4.15. The molecule has 0 spiro atoms. The third kappa shape index (κ3) is 3.73. The molecule has 3 aromatic rings. The van der Waals surface area contributed by atoms with Crippen LogP contribution in [-0.2, 0) is 4.79 Å². The van der Waals surface area contributed by atoms with Crippen LogP contribution in [0.25, 0.3) is 10.2 Å². The van der Waals surface area contributed by atoms with E-state index in [9.17, 15) is 4.79 Å². The summed E-state index contributed by atoms with van der Waals surface area (Å²) >= 11 is 1.56. The lowest BCUT2D eigenvalue weighted by molar-refractivity contribution is -0.114. The number of nitrogens with zero attached hydrogens (tertiary/aromatic N) is 2. The highest BCUT2D eigenvalue weighted by Gasteiger charge is 2.03. The summed E-state index contributed by atoms with van der Waals surface area (Å²) in [7, 11) is 0. The standard InChI is InChI=1S/C17H16N4OS/c1-11(13-6-5-7-14(10-13)18-12(2)22)20-21-17-19-15-8-3-4-9-16(15)23-17/h3-10H,1-2H3,(H,18,22)(H,19,21). The normalized spacial score (nSPS) is 11.5. The van der Waals surface area contributed by atoms with Gasteiger partial charge in [0.25, 0.3) is 0 Å². The fourth-order valence-corrected chi connectivity index (χ4v) is 2.95. The van der Waals surface area contributed by atoms with Gasteiger partial charge in [-0.25, -0.2) is 4.98 Å². The van der Waals surface area contributed by atoms with Crippen LogP contribution in [0.5, 0.6) is 0 Å². The van der Waals surface area contributed by atoms with Crippen molar-refractivity contribution in [1.82, 2.24) is 4.98 Å². The number of carbonyl (C=O) groups is 1. The Balaban J connectivity index is 1.78. The van der Waals surface area contributed by atoms with Crippen molar-refractivity contribution in [2.24, 2.45) is 5.10 Å². The van der Waals surface area contributed by atoms with Crippen LogP contribution in [0.4, 0.5) is 10.8 Å². The molecule has 3 rings (SSSR count). The maximum Gasteiger partial charge on any atom is 0.221 e. The predicted octanol–water partition coefficient (Wildman–Crippen LogP) is 4.09. The van der Waals surface area contributed by atoms with Crippen LogP contribution in [0, 0.1) is 0 Å². The number of nitrogens with one attached hydrogen (secondary N) is 2. The highest BCUT2D eigenvalue weighted by atomic mass is 32.1. The summed E-state index contributed by atoms with van der Waals surface area (Å²) in [5.41, 5.74) is 6.46. The molecule has 0 aliphatic heterocycles. The molecular weight excluding hydrogens is 308 g/mol. The van der Waals surface area contributed by atoms with Crippen molar-refractivity contribution in [2.45, 2.75) is 13.8 Å². The van der Waals surface area contributed by atoms with E-state index >= 15 is 0 Å². The second-order valence-corrected chi connectivity index (χ2v) is 6.09. The number of rotatable bonds is 4. The van der Waals surface area contributed by atoms with Crippen LogP contribution in [0.2, 0.25) is 0 Å². The Morgan fingerprint density at radius 3 is 2.74 bits per heavy atom. The average Bonchev–Trinajstić information content (AvgIpc) is 2.95. The first-order valence-corrected chi connectivity index (χ1v) is 7.97. The van der Waals surface area contributed by atoms with Crippen molar-refractivity contribution in [3.8, 4) is 0 Å². The van der Waals surface area contributed by atoms with E-state index in [4.69, 9.17) is 0 Å². The summed E-state index contributed by atoms with van der Waals surface area (Å²) in [5.74, 6) is -0.0932. The van der Waals surface area contributed by atoms with Crippen LogP contribution in [0.3, 0.4) is 0 Å². The van der Waals surface area contributed by atoms with Crippen molar-refractivity contribution in [3.63, 3.8) is 0 Å². The van der Waals surface area contributed by atoms with Gasteiger partial charge in [-0.1, -0.05) is 35.6 Å². The number of para-hydroxylation sites is 1. The Morgan fingerprint density at radius 1 is 1.13 bits per heavy atom. The lowest BCUT2D eigenvalue weighted by atomic mass is 10.1. The minimum Gasteiger partial charge on any atom is -0.326 e. The van der Waals surface area contributed by atoms with Gasteiger partial charge in [-0.3, -0.25) is 10.2 Å². The van der Waals surface area contributed by atoms with E-state index in [-0.39, 0.29) is 5.91 Å². The van der Waals surface area contributed by atoms with E-state index in [2.05, 4.69) is 20.8 Å². The minimum atomic E-state index is -0.0932. The van der Waals surface area contributed by atoms with Crippen LogP contribution < -0.4 is 10.7 Å². The van der Waals surface area contributed by atoms with Crippen molar-refractivity contribution >= 4 is 44.0 Å². The van der Waals surface area contributed by atoms with E-state index in [0.717, 1.165) is 32.3 Å². The quantitative estimate of drug-likeness (QED) is 0.561. The second-order valence-electron chi connectivity index (χ2n) is 5.06. The number of hydrogen-bond donors (Lipinski definition) is 2. The number of anilines is 2. The number of hydrazone groups is 1. The average molecular weight is 324 g/mol. The van der Waals surface area contributed by atoms with Gasteiger partial charge in [-0.2, -0.15) is 5.10 Å². The summed E-state index contributed by atoms with van der Waals surface area (Å²) in [6.07, 6.45) is 0.